The predicted molar refractivity (Wildman–Crippen MR) is 53.5 cm³/mol. The summed E-state index contributed by atoms with van der Waals surface area (Å²) in [6.45, 7) is 5.31. The SMILES string of the molecule is CC1(C)COC(C2CCCCC2)N1. The molecule has 1 unspecified atom stereocenters. The zero-order valence-electron chi connectivity index (χ0n) is 8.81. The van der Waals surface area contributed by atoms with E-state index in [-0.39, 0.29) is 5.54 Å². The highest BCUT2D eigenvalue weighted by molar-refractivity contribution is 4.88. The van der Waals surface area contributed by atoms with E-state index in [9.17, 15) is 0 Å². The Labute approximate surface area is 81.0 Å². The minimum atomic E-state index is 0.197. The molecule has 0 aromatic heterocycles. The van der Waals surface area contributed by atoms with Crippen LogP contribution in [0.1, 0.15) is 46.0 Å². The molecule has 0 radical (unpaired) electrons. The first kappa shape index (κ1) is 9.47. The fraction of sp³-hybridized carbons (Fsp3) is 1.00. The summed E-state index contributed by atoms with van der Waals surface area (Å²) in [4.78, 5) is 0. The molecule has 2 rings (SSSR count). The molecule has 1 aliphatic heterocycles. The molecule has 1 aliphatic carbocycles. The van der Waals surface area contributed by atoms with Crippen LogP contribution in [0.15, 0.2) is 0 Å². The molecule has 0 spiro atoms. The van der Waals surface area contributed by atoms with E-state index in [0.29, 0.717) is 6.23 Å². The molecule has 1 N–H and O–H groups in total. The molecule has 1 heterocycles. The van der Waals surface area contributed by atoms with Crippen molar-refractivity contribution in [3.8, 4) is 0 Å². The van der Waals surface area contributed by atoms with Crippen LogP contribution in [-0.4, -0.2) is 18.4 Å². The first-order valence-electron chi connectivity index (χ1n) is 5.57. The highest BCUT2D eigenvalue weighted by Gasteiger charge is 2.35. The van der Waals surface area contributed by atoms with Crippen LogP contribution in [-0.2, 0) is 4.74 Å². The molecule has 0 bridgehead atoms. The van der Waals surface area contributed by atoms with Crippen LogP contribution in [0, 0.1) is 5.92 Å². The topological polar surface area (TPSA) is 21.3 Å². The van der Waals surface area contributed by atoms with Gasteiger partial charge in [0.05, 0.1) is 6.61 Å². The Bertz CT molecular complexity index is 173. The molecule has 0 aromatic rings. The van der Waals surface area contributed by atoms with E-state index in [1.807, 2.05) is 0 Å². The van der Waals surface area contributed by atoms with Crippen molar-refractivity contribution in [2.45, 2.75) is 57.7 Å². The first-order chi connectivity index (χ1) is 6.17. The largest absolute Gasteiger partial charge is 0.361 e. The van der Waals surface area contributed by atoms with Gasteiger partial charge in [0, 0.05) is 5.54 Å². The van der Waals surface area contributed by atoms with Crippen molar-refractivity contribution in [3.05, 3.63) is 0 Å². The number of nitrogens with one attached hydrogen (secondary N) is 1. The third-order valence-electron chi connectivity index (χ3n) is 3.23. The summed E-state index contributed by atoms with van der Waals surface area (Å²) in [6, 6.07) is 0. The maximum atomic E-state index is 5.80. The molecule has 0 amide bonds. The van der Waals surface area contributed by atoms with Gasteiger partial charge in [-0.1, -0.05) is 19.3 Å². The molecular formula is C11H21NO. The lowest BCUT2D eigenvalue weighted by Crippen LogP contribution is -2.42. The van der Waals surface area contributed by atoms with Gasteiger partial charge in [-0.2, -0.15) is 0 Å². The van der Waals surface area contributed by atoms with Crippen LogP contribution < -0.4 is 5.32 Å². The number of ether oxygens (including phenoxy) is 1. The predicted octanol–water partition coefficient (Wildman–Crippen LogP) is 2.29. The minimum absolute atomic E-state index is 0.197. The highest BCUT2D eigenvalue weighted by atomic mass is 16.5. The van der Waals surface area contributed by atoms with Crippen LogP contribution in [0.4, 0.5) is 0 Å². The zero-order valence-corrected chi connectivity index (χ0v) is 8.81. The van der Waals surface area contributed by atoms with Crippen LogP contribution in [0.2, 0.25) is 0 Å². The zero-order chi connectivity index (χ0) is 9.31. The summed E-state index contributed by atoms with van der Waals surface area (Å²) in [5, 5.41) is 3.58. The fourth-order valence-electron chi connectivity index (χ4n) is 2.46. The van der Waals surface area contributed by atoms with Gasteiger partial charge >= 0.3 is 0 Å². The molecule has 13 heavy (non-hydrogen) atoms. The Balaban J connectivity index is 1.87. The van der Waals surface area contributed by atoms with E-state index in [1.165, 1.54) is 32.1 Å². The van der Waals surface area contributed by atoms with E-state index >= 15 is 0 Å². The van der Waals surface area contributed by atoms with Gasteiger partial charge in [0.25, 0.3) is 0 Å². The van der Waals surface area contributed by atoms with Gasteiger partial charge in [0.15, 0.2) is 0 Å². The van der Waals surface area contributed by atoms with Gasteiger partial charge in [0.2, 0.25) is 0 Å². The second-order valence-electron chi connectivity index (χ2n) is 5.16. The first-order valence-corrected chi connectivity index (χ1v) is 5.57. The summed E-state index contributed by atoms with van der Waals surface area (Å²) in [7, 11) is 0. The summed E-state index contributed by atoms with van der Waals surface area (Å²) >= 11 is 0. The fourth-order valence-corrected chi connectivity index (χ4v) is 2.46. The van der Waals surface area contributed by atoms with Crippen molar-refractivity contribution >= 4 is 0 Å². The molecule has 76 valence electrons. The summed E-state index contributed by atoms with van der Waals surface area (Å²) in [5.74, 6) is 0.774. The number of hydrogen-bond donors (Lipinski definition) is 1. The highest BCUT2D eigenvalue weighted by Crippen LogP contribution is 2.30. The van der Waals surface area contributed by atoms with Crippen molar-refractivity contribution in [1.29, 1.82) is 0 Å². The maximum absolute atomic E-state index is 5.80. The molecule has 2 fully saturated rings. The monoisotopic (exact) mass is 183 g/mol. The third-order valence-corrected chi connectivity index (χ3v) is 3.23. The average Bonchev–Trinajstić information content (AvgIpc) is 2.48. The second-order valence-corrected chi connectivity index (χ2v) is 5.16. The normalized spacial score (nSPS) is 35.1. The van der Waals surface area contributed by atoms with E-state index in [4.69, 9.17) is 4.74 Å². The molecule has 1 saturated carbocycles. The minimum Gasteiger partial charge on any atom is -0.361 e. The lowest BCUT2D eigenvalue weighted by atomic mass is 9.88. The summed E-state index contributed by atoms with van der Waals surface area (Å²) in [6.07, 6.45) is 7.27. The van der Waals surface area contributed by atoms with Crippen molar-refractivity contribution in [1.82, 2.24) is 5.32 Å². The molecular weight excluding hydrogens is 162 g/mol. The number of hydrogen-bond acceptors (Lipinski definition) is 2. The van der Waals surface area contributed by atoms with Crippen molar-refractivity contribution in [2.24, 2.45) is 5.92 Å². The van der Waals surface area contributed by atoms with Crippen LogP contribution in [0.5, 0.6) is 0 Å². The standard InChI is InChI=1S/C11H21NO/c1-11(2)8-13-10(12-11)9-6-4-3-5-7-9/h9-10,12H,3-8H2,1-2H3. The van der Waals surface area contributed by atoms with Crippen LogP contribution in [0.25, 0.3) is 0 Å². The van der Waals surface area contributed by atoms with Crippen molar-refractivity contribution in [3.63, 3.8) is 0 Å². The van der Waals surface area contributed by atoms with Crippen LogP contribution >= 0.6 is 0 Å². The summed E-state index contributed by atoms with van der Waals surface area (Å²) in [5.41, 5.74) is 0.197. The lowest BCUT2D eigenvalue weighted by molar-refractivity contribution is 0.0363. The number of rotatable bonds is 1. The molecule has 1 atom stereocenters. The van der Waals surface area contributed by atoms with Crippen molar-refractivity contribution in [2.75, 3.05) is 6.61 Å². The van der Waals surface area contributed by atoms with Gasteiger partial charge in [-0.25, -0.2) is 0 Å². The van der Waals surface area contributed by atoms with Gasteiger partial charge in [-0.3, -0.25) is 5.32 Å². The van der Waals surface area contributed by atoms with Crippen molar-refractivity contribution < 1.29 is 4.74 Å². The van der Waals surface area contributed by atoms with E-state index in [2.05, 4.69) is 19.2 Å². The quantitative estimate of drug-likeness (QED) is 0.673. The van der Waals surface area contributed by atoms with Gasteiger partial charge < -0.3 is 4.74 Å². The average molecular weight is 183 g/mol. The molecule has 2 heteroatoms. The van der Waals surface area contributed by atoms with E-state index in [0.717, 1.165) is 12.5 Å². The van der Waals surface area contributed by atoms with Gasteiger partial charge in [-0.15, -0.1) is 0 Å². The second kappa shape index (κ2) is 3.58. The molecule has 1 saturated heterocycles. The Hall–Kier alpha value is -0.0800. The van der Waals surface area contributed by atoms with Crippen LogP contribution in [0.3, 0.4) is 0 Å². The maximum Gasteiger partial charge on any atom is 0.111 e. The lowest BCUT2D eigenvalue weighted by Gasteiger charge is -2.28. The smallest absolute Gasteiger partial charge is 0.111 e. The van der Waals surface area contributed by atoms with Gasteiger partial charge in [0.1, 0.15) is 6.23 Å². The Kier molecular flexibility index (Phi) is 2.61. The third kappa shape index (κ3) is 2.23. The van der Waals surface area contributed by atoms with Gasteiger partial charge in [-0.05, 0) is 32.6 Å². The molecule has 2 aliphatic rings. The molecule has 0 aromatic carbocycles. The Morgan fingerprint density at radius 3 is 2.38 bits per heavy atom. The molecule has 2 nitrogen and oxygen atoms in total. The Morgan fingerprint density at radius 1 is 1.15 bits per heavy atom. The Morgan fingerprint density at radius 2 is 1.85 bits per heavy atom. The van der Waals surface area contributed by atoms with E-state index in [1.54, 1.807) is 0 Å². The summed E-state index contributed by atoms with van der Waals surface area (Å²) < 4.78 is 5.80. The van der Waals surface area contributed by atoms with E-state index < -0.39 is 0 Å².